The number of rotatable bonds is 10. The summed E-state index contributed by atoms with van der Waals surface area (Å²) in [6.07, 6.45) is 1.17. The minimum absolute atomic E-state index is 0.0879. The topological polar surface area (TPSA) is 52.6 Å². The van der Waals surface area contributed by atoms with Crippen molar-refractivity contribution >= 4 is 10.4 Å². The van der Waals surface area contributed by atoms with Gasteiger partial charge in [-0.15, -0.1) is 0 Å². The molecule has 0 radical (unpaired) electrons. The van der Waals surface area contributed by atoms with Gasteiger partial charge in [-0.1, -0.05) is 0 Å². The number of halogens is 2. The van der Waals surface area contributed by atoms with Crippen LogP contribution in [0.15, 0.2) is 0 Å². The first-order valence-corrected chi connectivity index (χ1v) is 6.11. The van der Waals surface area contributed by atoms with Crippen LogP contribution in [0.2, 0.25) is 0 Å². The Morgan fingerprint density at radius 1 is 0.800 bits per heavy atom. The summed E-state index contributed by atoms with van der Waals surface area (Å²) in [5.74, 6) is 0. The lowest BCUT2D eigenvalue weighted by Gasteiger charge is -2.04. The van der Waals surface area contributed by atoms with E-state index in [9.17, 15) is 17.2 Å². The Balaban J connectivity index is 3.50. The lowest BCUT2D eigenvalue weighted by molar-refractivity contribution is 0.205. The zero-order valence-corrected chi connectivity index (χ0v) is 9.27. The van der Waals surface area contributed by atoms with Gasteiger partial charge in [0.1, 0.15) is 0 Å². The van der Waals surface area contributed by atoms with E-state index >= 15 is 0 Å². The average molecular weight is 246 g/mol. The van der Waals surface area contributed by atoms with Gasteiger partial charge in [-0.05, 0) is 25.7 Å². The van der Waals surface area contributed by atoms with Crippen molar-refractivity contribution in [3.05, 3.63) is 0 Å². The summed E-state index contributed by atoms with van der Waals surface area (Å²) in [5.41, 5.74) is 0. The van der Waals surface area contributed by atoms with Crippen LogP contribution in [-0.2, 0) is 18.8 Å². The molecule has 0 saturated heterocycles. The van der Waals surface area contributed by atoms with Gasteiger partial charge in [0.2, 0.25) is 0 Å². The van der Waals surface area contributed by atoms with Crippen LogP contribution in [0.5, 0.6) is 0 Å². The molecular formula is C8H16F2O4S. The maximum atomic E-state index is 11.6. The number of hydrogen-bond donors (Lipinski definition) is 0. The first kappa shape index (κ1) is 14.7. The Bertz CT molecular complexity index is 213. The normalized spacial score (nSPS) is 11.9. The summed E-state index contributed by atoms with van der Waals surface area (Å²) < 4.78 is 53.9. The Labute approximate surface area is 88.9 Å². The molecule has 0 aliphatic carbocycles. The number of unbranched alkanes of at least 4 members (excludes halogenated alkanes) is 2. The molecule has 0 N–H and O–H groups in total. The lowest BCUT2D eigenvalue weighted by atomic mass is 10.4. The molecule has 0 aliphatic heterocycles. The minimum atomic E-state index is -3.99. The third kappa shape index (κ3) is 10.0. The van der Waals surface area contributed by atoms with Crippen molar-refractivity contribution in [1.29, 1.82) is 0 Å². The average Bonchev–Trinajstić information content (AvgIpc) is 2.20. The monoisotopic (exact) mass is 246 g/mol. The van der Waals surface area contributed by atoms with E-state index in [-0.39, 0.29) is 26.1 Å². The fourth-order valence-corrected chi connectivity index (χ4v) is 1.46. The largest absolute Gasteiger partial charge is 0.399 e. The summed E-state index contributed by atoms with van der Waals surface area (Å²) in [5, 5.41) is 0. The van der Waals surface area contributed by atoms with Crippen LogP contribution in [0, 0.1) is 0 Å². The van der Waals surface area contributed by atoms with Crippen LogP contribution < -0.4 is 0 Å². The molecule has 0 aromatic heterocycles. The van der Waals surface area contributed by atoms with Gasteiger partial charge in [0, 0.05) is 0 Å². The molecule has 15 heavy (non-hydrogen) atoms. The maximum absolute atomic E-state index is 11.6. The quantitative estimate of drug-likeness (QED) is 0.551. The molecule has 0 rings (SSSR count). The van der Waals surface area contributed by atoms with E-state index < -0.39 is 23.7 Å². The lowest BCUT2D eigenvalue weighted by Crippen LogP contribution is -2.12. The van der Waals surface area contributed by atoms with Crippen LogP contribution in [0.4, 0.5) is 8.78 Å². The molecule has 0 unspecified atom stereocenters. The SMILES string of the molecule is O=S(=O)(OCCCCF)OCCCCF. The first-order chi connectivity index (χ1) is 7.12. The molecule has 92 valence electrons. The van der Waals surface area contributed by atoms with E-state index in [1.807, 2.05) is 0 Å². The highest BCUT2D eigenvalue weighted by atomic mass is 32.3. The Morgan fingerprint density at radius 3 is 1.53 bits per heavy atom. The third-order valence-corrected chi connectivity index (χ3v) is 2.42. The molecule has 0 aliphatic rings. The van der Waals surface area contributed by atoms with Gasteiger partial charge in [-0.25, -0.2) is 8.37 Å². The van der Waals surface area contributed by atoms with Crippen molar-refractivity contribution in [2.75, 3.05) is 26.6 Å². The second kappa shape index (κ2) is 8.99. The Hall–Kier alpha value is -0.270. The van der Waals surface area contributed by atoms with Crippen molar-refractivity contribution in [3.63, 3.8) is 0 Å². The fourth-order valence-electron chi connectivity index (χ4n) is 0.749. The van der Waals surface area contributed by atoms with Gasteiger partial charge in [0.05, 0.1) is 26.6 Å². The van der Waals surface area contributed by atoms with Gasteiger partial charge in [-0.2, -0.15) is 8.42 Å². The predicted octanol–water partition coefficient (Wildman–Crippen LogP) is 1.76. The summed E-state index contributed by atoms with van der Waals surface area (Å²) >= 11 is 0. The van der Waals surface area contributed by atoms with Crippen LogP contribution in [0.25, 0.3) is 0 Å². The zero-order chi connectivity index (χ0) is 11.6. The van der Waals surface area contributed by atoms with Crippen molar-refractivity contribution in [2.24, 2.45) is 0 Å². The van der Waals surface area contributed by atoms with E-state index in [0.29, 0.717) is 12.8 Å². The molecule has 7 heteroatoms. The Morgan fingerprint density at radius 2 is 1.20 bits per heavy atom. The van der Waals surface area contributed by atoms with Crippen LogP contribution in [0.1, 0.15) is 25.7 Å². The van der Waals surface area contributed by atoms with E-state index in [1.54, 1.807) is 0 Å². The summed E-state index contributed by atoms with van der Waals surface area (Å²) in [4.78, 5) is 0. The molecule has 0 spiro atoms. The van der Waals surface area contributed by atoms with Crippen LogP contribution >= 0.6 is 0 Å². The highest BCUT2D eigenvalue weighted by Gasteiger charge is 2.10. The summed E-state index contributed by atoms with van der Waals surface area (Å²) in [7, 11) is -3.99. The molecule has 0 aromatic carbocycles. The number of hydrogen-bond acceptors (Lipinski definition) is 4. The van der Waals surface area contributed by atoms with Crippen molar-refractivity contribution in [3.8, 4) is 0 Å². The summed E-state index contributed by atoms with van der Waals surface area (Å²) in [6.45, 7) is -1.17. The van der Waals surface area contributed by atoms with Crippen LogP contribution in [-0.4, -0.2) is 35.0 Å². The van der Waals surface area contributed by atoms with E-state index in [4.69, 9.17) is 0 Å². The Kier molecular flexibility index (Phi) is 8.83. The molecular weight excluding hydrogens is 230 g/mol. The molecule has 0 amide bonds. The fraction of sp³-hybridized carbons (Fsp3) is 1.00. The van der Waals surface area contributed by atoms with Gasteiger partial charge in [0.15, 0.2) is 0 Å². The highest BCUT2D eigenvalue weighted by molar-refractivity contribution is 7.81. The van der Waals surface area contributed by atoms with Crippen LogP contribution in [0.3, 0.4) is 0 Å². The van der Waals surface area contributed by atoms with E-state index in [2.05, 4.69) is 8.37 Å². The van der Waals surface area contributed by atoms with Crippen molar-refractivity contribution in [1.82, 2.24) is 0 Å². The zero-order valence-electron chi connectivity index (χ0n) is 8.45. The predicted molar refractivity (Wildman–Crippen MR) is 51.2 cm³/mol. The molecule has 0 atom stereocenters. The maximum Gasteiger partial charge on any atom is 0.399 e. The van der Waals surface area contributed by atoms with Gasteiger partial charge < -0.3 is 0 Å². The van der Waals surface area contributed by atoms with Crippen molar-refractivity contribution in [2.45, 2.75) is 25.7 Å². The third-order valence-electron chi connectivity index (χ3n) is 1.51. The van der Waals surface area contributed by atoms with Gasteiger partial charge >= 0.3 is 10.4 Å². The number of alkyl halides is 2. The molecule has 0 heterocycles. The second-order valence-electron chi connectivity index (χ2n) is 2.84. The van der Waals surface area contributed by atoms with Gasteiger partial charge in [-0.3, -0.25) is 8.78 Å². The minimum Gasteiger partial charge on any atom is -0.251 e. The van der Waals surface area contributed by atoms with E-state index in [0.717, 1.165) is 0 Å². The molecule has 0 bridgehead atoms. The standard InChI is InChI=1S/C8H16F2O4S/c9-5-1-3-7-13-15(11,12)14-8-4-2-6-10/h1-8H2. The smallest absolute Gasteiger partial charge is 0.251 e. The molecule has 0 aromatic rings. The highest BCUT2D eigenvalue weighted by Crippen LogP contribution is 2.01. The van der Waals surface area contributed by atoms with Crippen molar-refractivity contribution < 1.29 is 25.6 Å². The first-order valence-electron chi connectivity index (χ1n) is 4.78. The molecule has 0 fully saturated rings. The van der Waals surface area contributed by atoms with Gasteiger partial charge in [0.25, 0.3) is 0 Å². The molecule has 0 saturated carbocycles. The summed E-state index contributed by atoms with van der Waals surface area (Å²) in [6, 6.07) is 0. The second-order valence-corrected chi connectivity index (χ2v) is 4.13. The van der Waals surface area contributed by atoms with E-state index in [1.165, 1.54) is 0 Å². The molecule has 4 nitrogen and oxygen atoms in total.